The Balaban J connectivity index is 2.04. The van der Waals surface area contributed by atoms with E-state index in [1.54, 1.807) is 0 Å². The van der Waals surface area contributed by atoms with Crippen molar-refractivity contribution in [3.63, 3.8) is 0 Å². The van der Waals surface area contributed by atoms with E-state index in [-0.39, 0.29) is 0 Å². The van der Waals surface area contributed by atoms with Crippen LogP contribution in [0.2, 0.25) is 0 Å². The second-order valence-corrected chi connectivity index (χ2v) is 5.48. The fourth-order valence-corrected chi connectivity index (χ4v) is 2.31. The second kappa shape index (κ2) is 6.21. The topological polar surface area (TPSA) is 29.1 Å². The van der Waals surface area contributed by atoms with Crippen LogP contribution in [0.15, 0.2) is 36.4 Å². The SMILES string of the molecule is Cc1cc(C)cc(C([O])OCc2ccc(C)c(C)c2)c1. The summed E-state index contributed by atoms with van der Waals surface area (Å²) < 4.78 is 5.46. The summed E-state index contributed by atoms with van der Waals surface area (Å²) in [6, 6.07) is 12.0. The average Bonchev–Trinajstić information content (AvgIpc) is 2.38. The molecule has 0 aliphatic rings. The molecular formula is C18H21O2. The molecule has 0 spiro atoms. The minimum absolute atomic E-state index is 0.349. The quantitative estimate of drug-likeness (QED) is 0.748. The van der Waals surface area contributed by atoms with E-state index in [4.69, 9.17) is 4.74 Å². The van der Waals surface area contributed by atoms with Gasteiger partial charge in [0, 0.05) is 5.56 Å². The monoisotopic (exact) mass is 269 g/mol. The predicted molar refractivity (Wildman–Crippen MR) is 80.0 cm³/mol. The van der Waals surface area contributed by atoms with Crippen LogP contribution in [0.1, 0.15) is 39.7 Å². The molecule has 2 aromatic rings. The van der Waals surface area contributed by atoms with Crippen LogP contribution < -0.4 is 0 Å². The first kappa shape index (κ1) is 14.8. The van der Waals surface area contributed by atoms with Gasteiger partial charge in [0.05, 0.1) is 6.61 Å². The second-order valence-electron chi connectivity index (χ2n) is 5.48. The van der Waals surface area contributed by atoms with Gasteiger partial charge in [0.25, 0.3) is 0 Å². The Labute approximate surface area is 121 Å². The number of hydrogen-bond acceptors (Lipinski definition) is 1. The van der Waals surface area contributed by atoms with Gasteiger partial charge in [-0.25, -0.2) is 0 Å². The first-order valence-electron chi connectivity index (χ1n) is 6.87. The van der Waals surface area contributed by atoms with Crippen molar-refractivity contribution in [3.8, 4) is 0 Å². The predicted octanol–water partition coefficient (Wildman–Crippen LogP) is 4.57. The van der Waals surface area contributed by atoms with Crippen molar-refractivity contribution in [3.05, 3.63) is 69.8 Å². The zero-order valence-corrected chi connectivity index (χ0v) is 12.6. The summed E-state index contributed by atoms with van der Waals surface area (Å²) in [4.78, 5) is 0. The van der Waals surface area contributed by atoms with E-state index in [2.05, 4.69) is 32.0 Å². The van der Waals surface area contributed by atoms with Crippen LogP contribution in [0.5, 0.6) is 0 Å². The number of rotatable bonds is 4. The van der Waals surface area contributed by atoms with Crippen molar-refractivity contribution in [2.45, 2.75) is 40.6 Å². The number of benzene rings is 2. The molecule has 2 heteroatoms. The highest BCUT2D eigenvalue weighted by Crippen LogP contribution is 2.20. The third-order valence-electron chi connectivity index (χ3n) is 3.49. The van der Waals surface area contributed by atoms with E-state index >= 15 is 0 Å². The molecule has 0 saturated heterocycles. The highest BCUT2D eigenvalue weighted by Gasteiger charge is 2.11. The molecule has 0 N–H and O–H groups in total. The lowest BCUT2D eigenvalue weighted by atomic mass is 10.1. The minimum Gasteiger partial charge on any atom is -0.341 e. The number of hydrogen-bond donors (Lipinski definition) is 0. The third-order valence-corrected chi connectivity index (χ3v) is 3.49. The lowest BCUT2D eigenvalue weighted by Crippen LogP contribution is -2.03. The van der Waals surface area contributed by atoms with Crippen LogP contribution in [-0.2, 0) is 16.5 Å². The number of ether oxygens (including phenoxy) is 1. The van der Waals surface area contributed by atoms with Gasteiger partial charge in [-0.1, -0.05) is 47.5 Å². The molecule has 0 amide bonds. The maximum absolute atomic E-state index is 12.1. The van der Waals surface area contributed by atoms with E-state index in [0.29, 0.717) is 12.2 Å². The highest BCUT2D eigenvalue weighted by atomic mass is 16.6. The van der Waals surface area contributed by atoms with Gasteiger partial charge in [0.1, 0.15) is 0 Å². The average molecular weight is 269 g/mol. The first-order chi connectivity index (χ1) is 9.45. The van der Waals surface area contributed by atoms with Gasteiger partial charge < -0.3 is 4.74 Å². The van der Waals surface area contributed by atoms with E-state index in [0.717, 1.165) is 16.7 Å². The Kier molecular flexibility index (Phi) is 4.58. The van der Waals surface area contributed by atoms with Crippen LogP contribution in [0.4, 0.5) is 0 Å². The van der Waals surface area contributed by atoms with Gasteiger partial charge in [-0.15, -0.1) is 0 Å². The Bertz CT molecular complexity index is 582. The number of aryl methyl sites for hydroxylation is 4. The van der Waals surface area contributed by atoms with Gasteiger partial charge in [0.2, 0.25) is 6.29 Å². The molecule has 0 fully saturated rings. The summed E-state index contributed by atoms with van der Waals surface area (Å²) in [5, 5.41) is 12.1. The van der Waals surface area contributed by atoms with E-state index in [1.165, 1.54) is 11.1 Å². The molecule has 20 heavy (non-hydrogen) atoms. The van der Waals surface area contributed by atoms with Crippen molar-refractivity contribution in [2.75, 3.05) is 0 Å². The van der Waals surface area contributed by atoms with E-state index in [9.17, 15) is 5.11 Å². The van der Waals surface area contributed by atoms with Gasteiger partial charge in [0.15, 0.2) is 0 Å². The molecular weight excluding hydrogens is 248 g/mol. The van der Waals surface area contributed by atoms with Crippen LogP contribution in [0.3, 0.4) is 0 Å². The molecule has 2 rings (SSSR count). The maximum Gasteiger partial charge on any atom is 0.217 e. The summed E-state index contributed by atoms with van der Waals surface area (Å²) in [7, 11) is 0. The fraction of sp³-hybridized carbons (Fsp3) is 0.333. The third kappa shape index (κ3) is 3.69. The van der Waals surface area contributed by atoms with Crippen LogP contribution >= 0.6 is 0 Å². The molecule has 1 unspecified atom stereocenters. The Morgan fingerprint density at radius 3 is 2.15 bits per heavy atom. The van der Waals surface area contributed by atoms with Crippen molar-refractivity contribution in [1.29, 1.82) is 0 Å². The lowest BCUT2D eigenvalue weighted by Gasteiger charge is -2.13. The zero-order valence-electron chi connectivity index (χ0n) is 12.6. The zero-order chi connectivity index (χ0) is 14.7. The smallest absolute Gasteiger partial charge is 0.217 e. The molecule has 1 atom stereocenters. The van der Waals surface area contributed by atoms with Crippen molar-refractivity contribution >= 4 is 0 Å². The summed E-state index contributed by atoms with van der Waals surface area (Å²) in [6.07, 6.45) is -1.13. The van der Waals surface area contributed by atoms with E-state index < -0.39 is 6.29 Å². The highest BCUT2D eigenvalue weighted by molar-refractivity contribution is 5.30. The molecule has 0 aromatic heterocycles. The van der Waals surface area contributed by atoms with Crippen molar-refractivity contribution < 1.29 is 9.84 Å². The first-order valence-corrected chi connectivity index (χ1v) is 6.87. The molecule has 0 aliphatic heterocycles. The maximum atomic E-state index is 12.1. The molecule has 2 aromatic carbocycles. The molecule has 2 nitrogen and oxygen atoms in total. The Morgan fingerprint density at radius 1 is 0.900 bits per heavy atom. The Morgan fingerprint density at radius 2 is 1.55 bits per heavy atom. The summed E-state index contributed by atoms with van der Waals surface area (Å²) >= 11 is 0. The van der Waals surface area contributed by atoms with Crippen molar-refractivity contribution in [2.24, 2.45) is 0 Å². The minimum atomic E-state index is -1.13. The molecule has 0 saturated carbocycles. The fourth-order valence-electron chi connectivity index (χ4n) is 2.31. The van der Waals surface area contributed by atoms with Gasteiger partial charge >= 0.3 is 0 Å². The molecule has 105 valence electrons. The molecule has 0 bridgehead atoms. The van der Waals surface area contributed by atoms with Gasteiger partial charge in [-0.05, 0) is 44.4 Å². The molecule has 0 heterocycles. The summed E-state index contributed by atoms with van der Waals surface area (Å²) in [5.74, 6) is 0. The summed E-state index contributed by atoms with van der Waals surface area (Å²) in [6.45, 7) is 8.48. The van der Waals surface area contributed by atoms with Crippen LogP contribution in [0, 0.1) is 27.7 Å². The van der Waals surface area contributed by atoms with E-state index in [1.807, 2.05) is 32.0 Å². The van der Waals surface area contributed by atoms with Crippen LogP contribution in [0.25, 0.3) is 0 Å². The molecule has 0 aliphatic carbocycles. The van der Waals surface area contributed by atoms with Gasteiger partial charge in [-0.2, -0.15) is 5.11 Å². The van der Waals surface area contributed by atoms with Gasteiger partial charge in [-0.3, -0.25) is 0 Å². The standard InChI is InChI=1S/C18H21O2/c1-12-7-13(2)9-17(8-12)18(19)20-11-16-6-5-14(3)15(4)10-16/h5-10,18H,11H2,1-4H3. The van der Waals surface area contributed by atoms with Crippen LogP contribution in [-0.4, -0.2) is 0 Å². The normalized spacial score (nSPS) is 12.4. The largest absolute Gasteiger partial charge is 0.341 e. The lowest BCUT2D eigenvalue weighted by molar-refractivity contribution is -0.152. The Hall–Kier alpha value is -1.64. The molecule has 1 radical (unpaired) electrons. The van der Waals surface area contributed by atoms with Crippen molar-refractivity contribution in [1.82, 2.24) is 0 Å². The summed E-state index contributed by atoms with van der Waals surface area (Å²) in [5.41, 5.74) is 6.40.